The molecule has 0 radical (unpaired) electrons. The van der Waals surface area contributed by atoms with Crippen molar-refractivity contribution in [1.29, 1.82) is 0 Å². The van der Waals surface area contributed by atoms with Crippen molar-refractivity contribution in [2.45, 2.75) is 20.0 Å². The van der Waals surface area contributed by atoms with E-state index in [1.807, 2.05) is 71.6 Å². The molecule has 160 valence electrons. The molecule has 1 N–H and O–H groups in total. The van der Waals surface area contributed by atoms with Crippen LogP contribution in [0.2, 0.25) is 0 Å². The molecule has 1 heterocycles. The van der Waals surface area contributed by atoms with Gasteiger partial charge in [-0.3, -0.25) is 9.69 Å². The van der Waals surface area contributed by atoms with Gasteiger partial charge in [0.15, 0.2) is 0 Å². The van der Waals surface area contributed by atoms with E-state index in [2.05, 4.69) is 43.4 Å². The van der Waals surface area contributed by atoms with E-state index in [-0.39, 0.29) is 12.1 Å². The summed E-state index contributed by atoms with van der Waals surface area (Å²) in [4.78, 5) is 15.5. The van der Waals surface area contributed by atoms with Crippen LogP contribution in [0.3, 0.4) is 0 Å². The number of para-hydroxylation sites is 1. The standard InChI is InChI=1S/C28H26N2O2/c1-19(2)18-32-24-15-12-21(13-16-24)27-29-26-10-6-5-9-25(26)28(31)30(27)23-14-11-20-7-3-4-8-22(20)17-23/h3-17,19,27,29H,18H2,1-2H3/t27-/m0/s1. The van der Waals surface area contributed by atoms with Gasteiger partial charge >= 0.3 is 0 Å². The fraction of sp³-hybridized carbons (Fsp3) is 0.179. The van der Waals surface area contributed by atoms with Gasteiger partial charge in [-0.15, -0.1) is 0 Å². The van der Waals surface area contributed by atoms with Crippen LogP contribution in [-0.2, 0) is 0 Å². The highest BCUT2D eigenvalue weighted by molar-refractivity contribution is 6.12. The molecular weight excluding hydrogens is 396 g/mol. The first-order chi connectivity index (χ1) is 15.6. The molecule has 0 saturated carbocycles. The molecule has 5 rings (SSSR count). The van der Waals surface area contributed by atoms with E-state index >= 15 is 0 Å². The summed E-state index contributed by atoms with van der Waals surface area (Å²) >= 11 is 0. The van der Waals surface area contributed by atoms with Gasteiger partial charge in [-0.1, -0.05) is 68.4 Å². The zero-order chi connectivity index (χ0) is 22.1. The van der Waals surface area contributed by atoms with E-state index < -0.39 is 0 Å². The number of amides is 1. The van der Waals surface area contributed by atoms with E-state index in [0.29, 0.717) is 18.1 Å². The third-order valence-electron chi connectivity index (χ3n) is 5.72. The van der Waals surface area contributed by atoms with Crippen molar-refractivity contribution >= 4 is 28.1 Å². The number of ether oxygens (including phenoxy) is 1. The minimum atomic E-state index is -0.322. The number of carbonyl (C=O) groups is 1. The first kappa shape index (κ1) is 20.1. The van der Waals surface area contributed by atoms with Crippen LogP contribution in [0, 0.1) is 5.92 Å². The van der Waals surface area contributed by atoms with Crippen LogP contribution in [0.1, 0.15) is 35.9 Å². The van der Waals surface area contributed by atoms with Crippen molar-refractivity contribution in [1.82, 2.24) is 0 Å². The van der Waals surface area contributed by atoms with Crippen molar-refractivity contribution in [3.05, 3.63) is 102 Å². The molecule has 4 aromatic rings. The fourth-order valence-corrected chi connectivity index (χ4v) is 4.09. The molecule has 0 unspecified atom stereocenters. The molecule has 4 nitrogen and oxygen atoms in total. The van der Waals surface area contributed by atoms with E-state index in [1.165, 1.54) is 0 Å². The molecule has 0 spiro atoms. The van der Waals surface area contributed by atoms with Crippen LogP contribution in [0.4, 0.5) is 11.4 Å². The van der Waals surface area contributed by atoms with Gasteiger partial charge in [0.25, 0.3) is 5.91 Å². The van der Waals surface area contributed by atoms with Gasteiger partial charge in [-0.05, 0) is 58.7 Å². The summed E-state index contributed by atoms with van der Waals surface area (Å²) in [6.07, 6.45) is -0.322. The zero-order valence-corrected chi connectivity index (χ0v) is 18.3. The van der Waals surface area contributed by atoms with Gasteiger partial charge in [-0.25, -0.2) is 0 Å². The Balaban J connectivity index is 1.56. The highest BCUT2D eigenvalue weighted by atomic mass is 16.5. The number of anilines is 2. The van der Waals surface area contributed by atoms with Gasteiger partial charge < -0.3 is 10.1 Å². The Morgan fingerprint density at radius 1 is 0.875 bits per heavy atom. The molecule has 32 heavy (non-hydrogen) atoms. The van der Waals surface area contributed by atoms with Crippen LogP contribution in [0.15, 0.2) is 91.0 Å². The molecule has 1 aliphatic heterocycles. The Kier molecular flexibility index (Phi) is 5.28. The minimum Gasteiger partial charge on any atom is -0.493 e. The number of hydrogen-bond acceptors (Lipinski definition) is 3. The van der Waals surface area contributed by atoms with E-state index in [9.17, 15) is 4.79 Å². The Morgan fingerprint density at radius 3 is 2.38 bits per heavy atom. The molecule has 1 atom stereocenters. The van der Waals surface area contributed by atoms with Crippen LogP contribution in [0.5, 0.6) is 5.75 Å². The highest BCUT2D eigenvalue weighted by Gasteiger charge is 2.34. The number of nitrogens with one attached hydrogen (secondary N) is 1. The van der Waals surface area contributed by atoms with Crippen molar-refractivity contribution < 1.29 is 9.53 Å². The number of hydrogen-bond donors (Lipinski definition) is 1. The number of benzene rings is 4. The number of fused-ring (bicyclic) bond motifs is 2. The summed E-state index contributed by atoms with van der Waals surface area (Å²) in [6, 6.07) is 30.1. The predicted octanol–water partition coefficient (Wildman–Crippen LogP) is 6.65. The SMILES string of the molecule is CC(C)COc1ccc([C@H]2Nc3ccccc3C(=O)N2c2ccc3ccccc3c2)cc1. The Bertz CT molecular complexity index is 1260. The Morgan fingerprint density at radius 2 is 1.59 bits per heavy atom. The van der Waals surface area contributed by atoms with Crippen molar-refractivity contribution in [3.63, 3.8) is 0 Å². The maximum atomic E-state index is 13.6. The van der Waals surface area contributed by atoms with Gasteiger partial charge in [0.1, 0.15) is 11.9 Å². The van der Waals surface area contributed by atoms with E-state index in [1.54, 1.807) is 0 Å². The van der Waals surface area contributed by atoms with Gasteiger partial charge in [0.2, 0.25) is 0 Å². The lowest BCUT2D eigenvalue weighted by molar-refractivity contribution is 0.0975. The quantitative estimate of drug-likeness (QED) is 0.392. The van der Waals surface area contributed by atoms with Crippen LogP contribution >= 0.6 is 0 Å². The molecule has 0 bridgehead atoms. The first-order valence-corrected chi connectivity index (χ1v) is 11.0. The van der Waals surface area contributed by atoms with Gasteiger partial charge in [0.05, 0.1) is 12.2 Å². The van der Waals surface area contributed by atoms with Crippen LogP contribution < -0.4 is 15.0 Å². The molecule has 0 fully saturated rings. The normalized spacial score (nSPS) is 15.5. The largest absolute Gasteiger partial charge is 0.493 e. The lowest BCUT2D eigenvalue weighted by Crippen LogP contribution is -2.43. The van der Waals surface area contributed by atoms with Gasteiger partial charge in [-0.2, -0.15) is 0 Å². The smallest absolute Gasteiger partial charge is 0.262 e. The molecule has 0 saturated heterocycles. The molecular formula is C28H26N2O2. The average Bonchev–Trinajstić information content (AvgIpc) is 2.83. The summed E-state index contributed by atoms with van der Waals surface area (Å²) in [6.45, 7) is 4.94. The molecule has 1 amide bonds. The second-order valence-electron chi connectivity index (χ2n) is 8.57. The summed E-state index contributed by atoms with van der Waals surface area (Å²) in [5, 5.41) is 5.83. The Labute approximate surface area is 188 Å². The number of carbonyl (C=O) groups excluding carboxylic acids is 1. The van der Waals surface area contributed by atoms with E-state index in [0.717, 1.165) is 33.5 Å². The average molecular weight is 423 g/mol. The zero-order valence-electron chi connectivity index (χ0n) is 18.3. The first-order valence-electron chi connectivity index (χ1n) is 11.0. The number of rotatable bonds is 5. The molecule has 4 aromatic carbocycles. The third kappa shape index (κ3) is 3.80. The second-order valence-corrected chi connectivity index (χ2v) is 8.57. The van der Waals surface area contributed by atoms with Crippen LogP contribution in [-0.4, -0.2) is 12.5 Å². The molecule has 4 heteroatoms. The molecule has 1 aliphatic rings. The third-order valence-corrected chi connectivity index (χ3v) is 5.72. The van der Waals surface area contributed by atoms with Crippen molar-refractivity contribution in [2.75, 3.05) is 16.8 Å². The highest BCUT2D eigenvalue weighted by Crippen LogP contribution is 2.38. The van der Waals surface area contributed by atoms with Gasteiger partial charge in [0, 0.05) is 11.4 Å². The molecule has 0 aromatic heterocycles. The summed E-state index contributed by atoms with van der Waals surface area (Å²) in [5.74, 6) is 1.29. The van der Waals surface area contributed by atoms with Crippen molar-refractivity contribution in [2.24, 2.45) is 5.92 Å². The maximum Gasteiger partial charge on any atom is 0.262 e. The topological polar surface area (TPSA) is 41.6 Å². The predicted molar refractivity (Wildman–Crippen MR) is 130 cm³/mol. The summed E-state index contributed by atoms with van der Waals surface area (Å²) < 4.78 is 5.85. The van der Waals surface area contributed by atoms with Crippen molar-refractivity contribution in [3.8, 4) is 5.75 Å². The second kappa shape index (κ2) is 8.39. The minimum absolute atomic E-state index is 0.0141. The van der Waals surface area contributed by atoms with Crippen LogP contribution in [0.25, 0.3) is 10.8 Å². The lowest BCUT2D eigenvalue weighted by atomic mass is 10.0. The summed E-state index contributed by atoms with van der Waals surface area (Å²) in [5.41, 5.74) is 3.38. The maximum absolute atomic E-state index is 13.6. The number of nitrogens with zero attached hydrogens (tertiary/aromatic N) is 1. The Hall–Kier alpha value is -3.79. The molecule has 0 aliphatic carbocycles. The van der Waals surface area contributed by atoms with E-state index in [4.69, 9.17) is 4.74 Å². The lowest BCUT2D eigenvalue weighted by Gasteiger charge is -2.38. The summed E-state index contributed by atoms with van der Waals surface area (Å²) in [7, 11) is 0. The monoisotopic (exact) mass is 422 g/mol. The fourth-order valence-electron chi connectivity index (χ4n) is 4.09.